The lowest BCUT2D eigenvalue weighted by atomic mass is 10.1. The molecule has 7 heteroatoms. The third-order valence-corrected chi connectivity index (χ3v) is 6.81. The van der Waals surface area contributed by atoms with Crippen molar-refractivity contribution in [3.8, 4) is 0 Å². The molecule has 31 heavy (non-hydrogen) atoms. The summed E-state index contributed by atoms with van der Waals surface area (Å²) in [5.74, 6) is 1.23. The SMILES string of the molecule is Cc1cccc(Cc2nnc(CCC(=O)N3CCCC3c3nc4ccccc4s3)o2)c1. The molecule has 0 spiro atoms. The molecule has 1 aliphatic heterocycles. The molecular weight excluding hydrogens is 408 g/mol. The van der Waals surface area contributed by atoms with Gasteiger partial charge in [-0.1, -0.05) is 42.0 Å². The van der Waals surface area contributed by atoms with E-state index in [1.165, 1.54) is 10.3 Å². The number of nitrogens with zero attached hydrogens (tertiary/aromatic N) is 4. The van der Waals surface area contributed by atoms with E-state index in [1.54, 1.807) is 11.3 Å². The fourth-order valence-electron chi connectivity index (χ4n) is 4.17. The van der Waals surface area contributed by atoms with E-state index >= 15 is 0 Å². The minimum atomic E-state index is 0.0736. The van der Waals surface area contributed by atoms with Crippen molar-refractivity contribution in [2.24, 2.45) is 0 Å². The second-order valence-corrected chi connectivity index (χ2v) is 9.08. The number of amides is 1. The lowest BCUT2D eigenvalue weighted by Gasteiger charge is -2.22. The van der Waals surface area contributed by atoms with E-state index in [1.807, 2.05) is 29.2 Å². The molecule has 1 atom stereocenters. The molecule has 1 aliphatic rings. The van der Waals surface area contributed by atoms with E-state index in [-0.39, 0.29) is 11.9 Å². The van der Waals surface area contributed by atoms with Crippen molar-refractivity contribution >= 4 is 27.5 Å². The zero-order valence-corrected chi connectivity index (χ0v) is 18.3. The van der Waals surface area contributed by atoms with Crippen LogP contribution in [0.2, 0.25) is 0 Å². The molecular formula is C24H24N4O2S. The van der Waals surface area contributed by atoms with Crippen molar-refractivity contribution in [1.29, 1.82) is 0 Å². The summed E-state index contributed by atoms with van der Waals surface area (Å²) in [6, 6.07) is 16.5. The molecule has 158 valence electrons. The van der Waals surface area contributed by atoms with Gasteiger partial charge in [0.15, 0.2) is 0 Å². The van der Waals surface area contributed by atoms with Gasteiger partial charge in [0.25, 0.3) is 0 Å². The van der Waals surface area contributed by atoms with E-state index in [4.69, 9.17) is 9.40 Å². The van der Waals surface area contributed by atoms with Crippen molar-refractivity contribution in [2.45, 2.75) is 45.1 Å². The van der Waals surface area contributed by atoms with Crippen molar-refractivity contribution in [3.63, 3.8) is 0 Å². The van der Waals surface area contributed by atoms with Gasteiger partial charge in [0.2, 0.25) is 17.7 Å². The number of rotatable bonds is 6. The van der Waals surface area contributed by atoms with Crippen LogP contribution in [-0.2, 0) is 17.6 Å². The Balaban J connectivity index is 1.21. The average Bonchev–Trinajstić information content (AvgIpc) is 3.50. The van der Waals surface area contributed by atoms with E-state index in [2.05, 4.69) is 41.4 Å². The number of benzene rings is 2. The van der Waals surface area contributed by atoms with Gasteiger partial charge in [0, 0.05) is 19.4 Å². The predicted octanol–water partition coefficient (Wildman–Crippen LogP) is 4.87. The molecule has 1 amide bonds. The van der Waals surface area contributed by atoms with Crippen LogP contribution in [0.4, 0.5) is 0 Å². The van der Waals surface area contributed by atoms with Gasteiger partial charge >= 0.3 is 0 Å². The average molecular weight is 433 g/mol. The van der Waals surface area contributed by atoms with Crippen LogP contribution in [0.25, 0.3) is 10.2 Å². The molecule has 2 aromatic carbocycles. The van der Waals surface area contributed by atoms with Gasteiger partial charge in [-0.25, -0.2) is 4.98 Å². The van der Waals surface area contributed by atoms with E-state index in [9.17, 15) is 4.79 Å². The standard InChI is InChI=1S/C24H24N4O2S/c1-16-6-4-7-17(14-16)15-22-27-26-21(30-22)11-12-23(29)28-13-5-9-19(28)24-25-18-8-2-3-10-20(18)31-24/h2-4,6-8,10,14,19H,5,9,11-13,15H2,1H3. The summed E-state index contributed by atoms with van der Waals surface area (Å²) < 4.78 is 6.96. The summed E-state index contributed by atoms with van der Waals surface area (Å²) in [6.07, 6.45) is 3.41. The number of hydrogen-bond acceptors (Lipinski definition) is 6. The Labute approximate surface area is 184 Å². The van der Waals surface area contributed by atoms with Crippen LogP contribution >= 0.6 is 11.3 Å². The summed E-state index contributed by atoms with van der Waals surface area (Å²) >= 11 is 1.69. The Hall–Kier alpha value is -3.06. The normalized spacial score (nSPS) is 16.3. The van der Waals surface area contributed by atoms with Crippen LogP contribution in [0.1, 0.15) is 53.2 Å². The molecule has 4 aromatic rings. The third-order valence-electron chi connectivity index (χ3n) is 5.67. The Bertz CT molecular complexity index is 1180. The number of thiazole rings is 1. The number of para-hydroxylation sites is 1. The lowest BCUT2D eigenvalue weighted by molar-refractivity contribution is -0.132. The van der Waals surface area contributed by atoms with E-state index in [0.29, 0.717) is 31.0 Å². The van der Waals surface area contributed by atoms with Crippen molar-refractivity contribution in [2.75, 3.05) is 6.54 Å². The number of carbonyl (C=O) groups excluding carboxylic acids is 1. The number of carbonyl (C=O) groups is 1. The maximum atomic E-state index is 13.0. The number of fused-ring (bicyclic) bond motifs is 1. The number of likely N-dealkylation sites (tertiary alicyclic amines) is 1. The molecule has 0 radical (unpaired) electrons. The molecule has 0 N–H and O–H groups in total. The van der Waals surface area contributed by atoms with Gasteiger partial charge in [0.05, 0.1) is 22.7 Å². The highest BCUT2D eigenvalue weighted by molar-refractivity contribution is 7.18. The zero-order chi connectivity index (χ0) is 21.2. The topological polar surface area (TPSA) is 72.1 Å². The maximum Gasteiger partial charge on any atom is 0.223 e. The number of aromatic nitrogens is 3. The van der Waals surface area contributed by atoms with Gasteiger partial charge in [-0.05, 0) is 37.5 Å². The minimum absolute atomic E-state index is 0.0736. The first-order chi connectivity index (χ1) is 15.2. The first-order valence-corrected chi connectivity index (χ1v) is 11.5. The van der Waals surface area contributed by atoms with Gasteiger partial charge in [0.1, 0.15) is 5.01 Å². The summed E-state index contributed by atoms with van der Waals surface area (Å²) in [5, 5.41) is 9.33. The molecule has 0 saturated carbocycles. The molecule has 6 nitrogen and oxygen atoms in total. The van der Waals surface area contributed by atoms with E-state index in [0.717, 1.165) is 35.5 Å². The zero-order valence-electron chi connectivity index (χ0n) is 17.5. The molecule has 1 fully saturated rings. The Morgan fingerprint density at radius 1 is 1.16 bits per heavy atom. The lowest BCUT2D eigenvalue weighted by Crippen LogP contribution is -2.30. The third kappa shape index (κ3) is 4.37. The fourth-order valence-corrected chi connectivity index (χ4v) is 5.28. The molecule has 3 heterocycles. The predicted molar refractivity (Wildman–Crippen MR) is 120 cm³/mol. The summed E-state index contributed by atoms with van der Waals surface area (Å²) in [4.78, 5) is 19.7. The molecule has 0 aliphatic carbocycles. The second-order valence-electron chi connectivity index (χ2n) is 8.02. The highest BCUT2D eigenvalue weighted by Crippen LogP contribution is 2.36. The van der Waals surface area contributed by atoms with Crippen LogP contribution in [0.5, 0.6) is 0 Å². The van der Waals surface area contributed by atoms with E-state index < -0.39 is 0 Å². The van der Waals surface area contributed by atoms with Crippen LogP contribution < -0.4 is 0 Å². The van der Waals surface area contributed by atoms with Gasteiger partial charge in [-0.15, -0.1) is 21.5 Å². The molecule has 1 saturated heterocycles. The molecule has 0 bridgehead atoms. The van der Waals surface area contributed by atoms with Crippen molar-refractivity contribution in [1.82, 2.24) is 20.1 Å². The number of aryl methyl sites for hydroxylation is 2. The van der Waals surface area contributed by atoms with Crippen LogP contribution in [0.3, 0.4) is 0 Å². The van der Waals surface area contributed by atoms with Gasteiger partial charge in [-0.3, -0.25) is 4.79 Å². The minimum Gasteiger partial charge on any atom is -0.425 e. The van der Waals surface area contributed by atoms with Crippen molar-refractivity contribution in [3.05, 3.63) is 76.4 Å². The largest absolute Gasteiger partial charge is 0.425 e. The summed E-state index contributed by atoms with van der Waals surface area (Å²) in [6.45, 7) is 2.84. The molecule has 2 aromatic heterocycles. The van der Waals surface area contributed by atoms with Crippen molar-refractivity contribution < 1.29 is 9.21 Å². The highest BCUT2D eigenvalue weighted by Gasteiger charge is 2.32. The quantitative estimate of drug-likeness (QED) is 0.434. The molecule has 1 unspecified atom stereocenters. The van der Waals surface area contributed by atoms with Crippen LogP contribution in [-0.4, -0.2) is 32.5 Å². The Morgan fingerprint density at radius 2 is 2.03 bits per heavy atom. The van der Waals surface area contributed by atoms with Gasteiger partial charge < -0.3 is 9.32 Å². The molecule has 5 rings (SSSR count). The second kappa shape index (κ2) is 8.59. The first-order valence-electron chi connectivity index (χ1n) is 10.7. The fraction of sp³-hybridized carbons (Fsp3) is 0.333. The Morgan fingerprint density at radius 3 is 2.90 bits per heavy atom. The smallest absolute Gasteiger partial charge is 0.223 e. The summed E-state index contributed by atoms with van der Waals surface area (Å²) in [7, 11) is 0. The highest BCUT2D eigenvalue weighted by atomic mass is 32.1. The van der Waals surface area contributed by atoms with Gasteiger partial charge in [-0.2, -0.15) is 0 Å². The van der Waals surface area contributed by atoms with Crippen LogP contribution in [0.15, 0.2) is 52.9 Å². The number of hydrogen-bond donors (Lipinski definition) is 0. The summed E-state index contributed by atoms with van der Waals surface area (Å²) in [5.41, 5.74) is 3.35. The monoisotopic (exact) mass is 432 g/mol. The first kappa shape index (κ1) is 19.9. The maximum absolute atomic E-state index is 13.0. The van der Waals surface area contributed by atoms with Crippen LogP contribution in [0, 0.1) is 6.92 Å². The Kier molecular flexibility index (Phi) is 5.51.